The summed E-state index contributed by atoms with van der Waals surface area (Å²) in [6.45, 7) is 6.99. The molecular formula is C21H26N4O5S. The van der Waals surface area contributed by atoms with Crippen LogP contribution in [-0.2, 0) is 4.74 Å². The number of esters is 1. The summed E-state index contributed by atoms with van der Waals surface area (Å²) in [7, 11) is 1.42. The number of nitro groups is 1. The lowest BCUT2D eigenvalue weighted by atomic mass is 10.2. The molecule has 0 atom stereocenters. The van der Waals surface area contributed by atoms with Crippen LogP contribution < -0.4 is 15.4 Å². The molecule has 2 aromatic carbocycles. The van der Waals surface area contributed by atoms with Crippen LogP contribution >= 0.6 is 12.2 Å². The molecule has 0 aliphatic heterocycles. The number of hydrogen-bond donors (Lipinski definition) is 2. The molecule has 2 rings (SSSR count). The number of nitrogens with zero attached hydrogens (tertiary/aromatic N) is 2. The summed E-state index contributed by atoms with van der Waals surface area (Å²) < 4.78 is 10.5. The first-order valence-electron chi connectivity index (χ1n) is 9.77. The summed E-state index contributed by atoms with van der Waals surface area (Å²) in [4.78, 5) is 24.7. The average molecular weight is 447 g/mol. The Kier molecular flexibility index (Phi) is 9.16. The Hall–Kier alpha value is -3.24. The predicted molar refractivity (Wildman–Crippen MR) is 124 cm³/mol. The number of hydrogen-bond acceptors (Lipinski definition) is 7. The van der Waals surface area contributed by atoms with Gasteiger partial charge in [-0.2, -0.15) is 0 Å². The molecule has 0 radical (unpaired) electrons. The van der Waals surface area contributed by atoms with E-state index in [9.17, 15) is 14.9 Å². The van der Waals surface area contributed by atoms with E-state index in [0.717, 1.165) is 13.1 Å². The SMILES string of the molecule is CCN(CC)CCOC(=O)c1ccc(NC(=S)Nc2ccc([N+](=O)[O-])cc2OC)cc1. The quantitative estimate of drug-likeness (QED) is 0.243. The van der Waals surface area contributed by atoms with E-state index in [1.54, 1.807) is 24.3 Å². The van der Waals surface area contributed by atoms with Gasteiger partial charge < -0.3 is 25.0 Å². The minimum atomic E-state index is -0.501. The third-order valence-electron chi connectivity index (χ3n) is 4.56. The Morgan fingerprint density at radius 1 is 1.13 bits per heavy atom. The highest BCUT2D eigenvalue weighted by atomic mass is 32.1. The molecule has 0 fully saturated rings. The molecule has 10 heteroatoms. The molecule has 0 unspecified atom stereocenters. The maximum absolute atomic E-state index is 12.2. The zero-order valence-electron chi connectivity index (χ0n) is 17.7. The number of carbonyl (C=O) groups excluding carboxylic acids is 1. The van der Waals surface area contributed by atoms with E-state index < -0.39 is 4.92 Å². The van der Waals surface area contributed by atoms with Crippen molar-refractivity contribution in [2.75, 3.05) is 44.0 Å². The first kappa shape index (κ1) is 24.0. The van der Waals surface area contributed by atoms with E-state index >= 15 is 0 Å². The Morgan fingerprint density at radius 3 is 2.39 bits per heavy atom. The van der Waals surface area contributed by atoms with Gasteiger partial charge >= 0.3 is 5.97 Å². The lowest BCUT2D eigenvalue weighted by molar-refractivity contribution is -0.384. The number of nitrogens with one attached hydrogen (secondary N) is 2. The van der Waals surface area contributed by atoms with Crippen molar-refractivity contribution in [3.8, 4) is 5.75 Å². The van der Waals surface area contributed by atoms with Crippen molar-refractivity contribution < 1.29 is 19.2 Å². The molecule has 0 bridgehead atoms. The molecular weight excluding hydrogens is 420 g/mol. The number of ether oxygens (including phenoxy) is 2. The predicted octanol–water partition coefficient (Wildman–Crippen LogP) is 3.91. The van der Waals surface area contributed by atoms with E-state index in [1.807, 2.05) is 0 Å². The van der Waals surface area contributed by atoms with Gasteiger partial charge in [0.25, 0.3) is 5.69 Å². The number of nitro benzene ring substituents is 1. The van der Waals surface area contributed by atoms with Crippen LogP contribution in [0.1, 0.15) is 24.2 Å². The summed E-state index contributed by atoms with van der Waals surface area (Å²) in [5.74, 6) is -0.0869. The molecule has 166 valence electrons. The molecule has 0 spiro atoms. The second-order valence-electron chi connectivity index (χ2n) is 6.46. The van der Waals surface area contributed by atoms with Gasteiger partial charge in [0.2, 0.25) is 0 Å². The summed E-state index contributed by atoms with van der Waals surface area (Å²) >= 11 is 5.29. The van der Waals surface area contributed by atoms with Gasteiger partial charge in [0.1, 0.15) is 12.4 Å². The fraction of sp³-hybridized carbons (Fsp3) is 0.333. The van der Waals surface area contributed by atoms with Crippen LogP contribution in [0.25, 0.3) is 0 Å². The first-order chi connectivity index (χ1) is 14.9. The van der Waals surface area contributed by atoms with Crippen molar-refractivity contribution in [2.24, 2.45) is 0 Å². The van der Waals surface area contributed by atoms with Gasteiger partial charge in [-0.15, -0.1) is 0 Å². The Morgan fingerprint density at radius 2 is 1.81 bits per heavy atom. The van der Waals surface area contributed by atoms with Crippen molar-refractivity contribution in [1.82, 2.24) is 4.90 Å². The number of carbonyl (C=O) groups is 1. The van der Waals surface area contributed by atoms with Gasteiger partial charge in [-0.3, -0.25) is 10.1 Å². The van der Waals surface area contributed by atoms with Crippen molar-refractivity contribution in [2.45, 2.75) is 13.8 Å². The Bertz CT molecular complexity index is 916. The molecule has 0 aliphatic carbocycles. The van der Waals surface area contributed by atoms with Crippen LogP contribution in [0.3, 0.4) is 0 Å². The second kappa shape index (κ2) is 11.8. The van der Waals surface area contributed by atoms with Gasteiger partial charge in [0.15, 0.2) is 5.11 Å². The summed E-state index contributed by atoms with van der Waals surface area (Å²) in [6, 6.07) is 10.9. The van der Waals surface area contributed by atoms with Crippen molar-refractivity contribution in [3.63, 3.8) is 0 Å². The highest BCUT2D eigenvalue weighted by Gasteiger charge is 2.13. The third-order valence-corrected chi connectivity index (χ3v) is 4.76. The van der Waals surface area contributed by atoms with Gasteiger partial charge in [-0.05, 0) is 55.6 Å². The summed E-state index contributed by atoms with van der Waals surface area (Å²) in [6.07, 6.45) is 0. The van der Waals surface area contributed by atoms with Crippen LogP contribution in [0, 0.1) is 10.1 Å². The van der Waals surface area contributed by atoms with Crippen LogP contribution in [0.2, 0.25) is 0 Å². The zero-order valence-corrected chi connectivity index (χ0v) is 18.5. The van der Waals surface area contributed by atoms with Crippen molar-refractivity contribution in [1.29, 1.82) is 0 Å². The summed E-state index contributed by atoms with van der Waals surface area (Å²) in [5, 5.41) is 17.1. The first-order valence-corrected chi connectivity index (χ1v) is 10.2. The molecule has 0 saturated heterocycles. The molecule has 0 aliphatic rings. The van der Waals surface area contributed by atoms with Gasteiger partial charge in [-0.1, -0.05) is 13.8 Å². The number of non-ortho nitro benzene ring substituents is 1. The highest BCUT2D eigenvalue weighted by Crippen LogP contribution is 2.29. The molecule has 0 aromatic heterocycles. The number of benzene rings is 2. The number of likely N-dealkylation sites (N-methyl/N-ethyl adjacent to an activating group) is 1. The fourth-order valence-corrected chi connectivity index (χ4v) is 2.99. The molecule has 0 amide bonds. The van der Waals surface area contributed by atoms with Crippen molar-refractivity contribution >= 4 is 40.4 Å². The second-order valence-corrected chi connectivity index (χ2v) is 6.87. The number of methoxy groups -OCH3 is 1. The smallest absolute Gasteiger partial charge is 0.338 e. The Balaban J connectivity index is 1.92. The molecule has 2 aromatic rings. The largest absolute Gasteiger partial charge is 0.494 e. The van der Waals surface area contributed by atoms with E-state index in [4.69, 9.17) is 21.7 Å². The lowest BCUT2D eigenvalue weighted by Crippen LogP contribution is -2.27. The zero-order chi connectivity index (χ0) is 22.8. The standard InChI is InChI=1S/C21H26N4O5S/c1-4-24(5-2)12-13-30-20(26)15-6-8-16(9-7-15)22-21(31)23-18-11-10-17(25(27)28)14-19(18)29-3/h6-11,14H,4-5,12-13H2,1-3H3,(H2,22,23,31). The highest BCUT2D eigenvalue weighted by molar-refractivity contribution is 7.80. The van der Waals surface area contributed by atoms with Gasteiger partial charge in [0, 0.05) is 18.3 Å². The van der Waals surface area contributed by atoms with Crippen LogP contribution in [-0.4, -0.2) is 54.3 Å². The Labute approximate surface area is 186 Å². The molecule has 31 heavy (non-hydrogen) atoms. The topological polar surface area (TPSA) is 106 Å². The van der Waals surface area contributed by atoms with E-state index in [0.29, 0.717) is 35.8 Å². The number of thiocarbonyl (C=S) groups is 1. The molecule has 0 heterocycles. The third kappa shape index (κ3) is 7.19. The average Bonchev–Trinajstić information content (AvgIpc) is 2.77. The molecule has 0 saturated carbocycles. The minimum Gasteiger partial charge on any atom is -0.494 e. The summed E-state index contributed by atoms with van der Waals surface area (Å²) in [5.41, 5.74) is 1.51. The van der Waals surface area contributed by atoms with Crippen LogP contribution in [0.5, 0.6) is 5.75 Å². The van der Waals surface area contributed by atoms with E-state index in [-0.39, 0.29) is 16.8 Å². The maximum Gasteiger partial charge on any atom is 0.338 e. The van der Waals surface area contributed by atoms with Crippen molar-refractivity contribution in [3.05, 3.63) is 58.1 Å². The van der Waals surface area contributed by atoms with E-state index in [1.165, 1.54) is 25.3 Å². The van der Waals surface area contributed by atoms with Crippen LogP contribution in [0.4, 0.5) is 17.1 Å². The van der Waals surface area contributed by atoms with Gasteiger partial charge in [0.05, 0.1) is 29.4 Å². The molecule has 2 N–H and O–H groups in total. The molecule has 9 nitrogen and oxygen atoms in total. The number of anilines is 2. The van der Waals surface area contributed by atoms with E-state index in [2.05, 4.69) is 29.4 Å². The normalized spacial score (nSPS) is 10.5. The fourth-order valence-electron chi connectivity index (χ4n) is 2.76. The maximum atomic E-state index is 12.2. The lowest BCUT2D eigenvalue weighted by Gasteiger charge is -2.17. The monoisotopic (exact) mass is 446 g/mol. The van der Waals surface area contributed by atoms with Crippen LogP contribution in [0.15, 0.2) is 42.5 Å². The van der Waals surface area contributed by atoms with Gasteiger partial charge in [-0.25, -0.2) is 4.79 Å². The minimum absolute atomic E-state index is 0.0825. The number of rotatable bonds is 10.